The van der Waals surface area contributed by atoms with Crippen molar-refractivity contribution in [1.29, 1.82) is 0 Å². The van der Waals surface area contributed by atoms with Crippen molar-refractivity contribution in [3.05, 3.63) is 10.8 Å². The van der Waals surface area contributed by atoms with Crippen molar-refractivity contribution in [2.24, 2.45) is 5.92 Å². The third kappa shape index (κ3) is 4.90. The summed E-state index contributed by atoms with van der Waals surface area (Å²) in [6.45, 7) is 5.00. The Bertz CT molecular complexity index is 449. The number of rotatable bonds is 9. The Morgan fingerprint density at radius 3 is 2.64 bits per heavy atom. The summed E-state index contributed by atoms with van der Waals surface area (Å²) in [6, 6.07) is 0. The van der Waals surface area contributed by atoms with Crippen LogP contribution >= 0.6 is 11.3 Å². The molecule has 124 valence electrons. The molecule has 2 rings (SSSR count). The second kappa shape index (κ2) is 9.03. The second-order valence-corrected chi connectivity index (χ2v) is 6.51. The molecule has 1 aliphatic rings. The van der Waals surface area contributed by atoms with Crippen LogP contribution in [0.3, 0.4) is 0 Å². The van der Waals surface area contributed by atoms with E-state index in [1.165, 1.54) is 0 Å². The zero-order valence-corrected chi connectivity index (χ0v) is 14.3. The molecule has 5 heteroatoms. The van der Waals surface area contributed by atoms with Crippen LogP contribution in [0.2, 0.25) is 0 Å². The maximum absolute atomic E-state index is 12.3. The molecule has 0 saturated carbocycles. The van der Waals surface area contributed by atoms with Gasteiger partial charge in [-0.1, -0.05) is 39.5 Å². The first kappa shape index (κ1) is 17.1. The van der Waals surface area contributed by atoms with Crippen molar-refractivity contribution < 1.29 is 19.0 Å². The Labute approximate surface area is 136 Å². The molecule has 0 saturated heterocycles. The number of esters is 1. The predicted molar refractivity (Wildman–Crippen MR) is 87.7 cm³/mol. The van der Waals surface area contributed by atoms with Crippen LogP contribution in [0, 0.1) is 5.92 Å². The van der Waals surface area contributed by atoms with Crippen LogP contribution in [-0.2, 0) is 9.53 Å². The van der Waals surface area contributed by atoms with Crippen molar-refractivity contribution >= 4 is 17.3 Å². The summed E-state index contributed by atoms with van der Waals surface area (Å²) in [7, 11) is 0. The van der Waals surface area contributed by atoms with Crippen LogP contribution in [0.1, 0.15) is 52.4 Å². The van der Waals surface area contributed by atoms with E-state index in [0.29, 0.717) is 6.61 Å². The van der Waals surface area contributed by atoms with Gasteiger partial charge in [-0.05, 0) is 12.8 Å². The predicted octanol–water partition coefficient (Wildman–Crippen LogP) is 4.43. The van der Waals surface area contributed by atoms with E-state index in [1.54, 1.807) is 11.3 Å². The Morgan fingerprint density at radius 2 is 1.95 bits per heavy atom. The molecule has 4 nitrogen and oxygen atoms in total. The fourth-order valence-electron chi connectivity index (χ4n) is 2.52. The van der Waals surface area contributed by atoms with E-state index < -0.39 is 0 Å². The van der Waals surface area contributed by atoms with Gasteiger partial charge >= 0.3 is 5.97 Å². The number of hydrogen-bond donors (Lipinski definition) is 0. The molecule has 22 heavy (non-hydrogen) atoms. The minimum Gasteiger partial charge on any atom is -0.485 e. The number of hydrogen-bond acceptors (Lipinski definition) is 5. The molecule has 1 aliphatic heterocycles. The highest BCUT2D eigenvalue weighted by Crippen LogP contribution is 2.35. The minimum absolute atomic E-state index is 0.0288. The quantitative estimate of drug-likeness (QED) is 0.630. The average molecular weight is 326 g/mol. The summed E-state index contributed by atoms with van der Waals surface area (Å²) in [5, 5.41) is 3.83. The van der Waals surface area contributed by atoms with Gasteiger partial charge in [0.15, 0.2) is 17.6 Å². The van der Waals surface area contributed by atoms with Gasteiger partial charge in [0, 0.05) is 10.8 Å². The van der Waals surface area contributed by atoms with Gasteiger partial charge in [0.2, 0.25) is 0 Å². The number of unbranched alkanes of at least 4 members (excludes halogenated alkanes) is 2. The first-order valence-corrected chi connectivity index (χ1v) is 9.21. The minimum atomic E-state index is -0.205. The molecule has 1 aromatic heterocycles. The Morgan fingerprint density at radius 1 is 1.27 bits per heavy atom. The average Bonchev–Trinajstić information content (AvgIpc) is 3.00. The normalized spacial score (nSPS) is 16.8. The zero-order valence-electron chi connectivity index (χ0n) is 13.5. The van der Waals surface area contributed by atoms with Crippen molar-refractivity contribution in [2.45, 2.75) is 58.5 Å². The lowest BCUT2D eigenvalue weighted by Gasteiger charge is -2.25. The first-order chi connectivity index (χ1) is 10.7. The maximum Gasteiger partial charge on any atom is 0.309 e. The second-order valence-electron chi connectivity index (χ2n) is 5.76. The van der Waals surface area contributed by atoms with E-state index in [4.69, 9.17) is 14.2 Å². The third-order valence-electron chi connectivity index (χ3n) is 3.87. The molecule has 0 fully saturated rings. The lowest BCUT2D eigenvalue weighted by atomic mass is 9.96. The SMILES string of the molecule is CCCCC(CCCC)C(=O)OCC1COc2cscc2O1. The number of carbonyl (C=O) groups is 1. The van der Waals surface area contributed by atoms with Crippen LogP contribution in [0.5, 0.6) is 11.5 Å². The summed E-state index contributed by atoms with van der Waals surface area (Å²) in [6.07, 6.45) is 6.00. The number of fused-ring (bicyclic) bond motifs is 1. The highest BCUT2D eigenvalue weighted by molar-refractivity contribution is 7.08. The summed E-state index contributed by atoms with van der Waals surface area (Å²) in [4.78, 5) is 12.3. The fourth-order valence-corrected chi connectivity index (χ4v) is 3.19. The van der Waals surface area contributed by atoms with Crippen molar-refractivity contribution in [2.75, 3.05) is 13.2 Å². The topological polar surface area (TPSA) is 44.8 Å². The summed E-state index contributed by atoms with van der Waals surface area (Å²) in [5.74, 6) is 1.49. The molecule has 0 amide bonds. The monoisotopic (exact) mass is 326 g/mol. The van der Waals surface area contributed by atoms with E-state index in [0.717, 1.165) is 50.0 Å². The molecule has 1 aromatic rings. The smallest absolute Gasteiger partial charge is 0.309 e. The van der Waals surface area contributed by atoms with Crippen molar-refractivity contribution in [1.82, 2.24) is 0 Å². The number of thiophene rings is 1. The highest BCUT2D eigenvalue weighted by Gasteiger charge is 2.25. The summed E-state index contributed by atoms with van der Waals surface area (Å²) >= 11 is 1.55. The molecule has 0 radical (unpaired) electrons. The molecule has 1 atom stereocenters. The zero-order chi connectivity index (χ0) is 15.8. The van der Waals surface area contributed by atoms with E-state index >= 15 is 0 Å². The first-order valence-electron chi connectivity index (χ1n) is 8.26. The highest BCUT2D eigenvalue weighted by atomic mass is 32.1. The summed E-state index contributed by atoms with van der Waals surface area (Å²) < 4.78 is 16.9. The summed E-state index contributed by atoms with van der Waals surface area (Å²) in [5.41, 5.74) is 0. The third-order valence-corrected chi connectivity index (χ3v) is 4.57. The molecule has 0 aromatic carbocycles. The van der Waals surface area contributed by atoms with Gasteiger partial charge in [-0.3, -0.25) is 4.79 Å². The van der Waals surface area contributed by atoms with Gasteiger partial charge in [-0.15, -0.1) is 11.3 Å². The molecule has 0 N–H and O–H groups in total. The van der Waals surface area contributed by atoms with Crippen LogP contribution in [0.4, 0.5) is 0 Å². The number of ether oxygens (including phenoxy) is 3. The van der Waals surface area contributed by atoms with Gasteiger partial charge in [-0.25, -0.2) is 0 Å². The number of carbonyl (C=O) groups excluding carboxylic acids is 1. The molecule has 1 unspecified atom stereocenters. The van der Waals surface area contributed by atoms with Crippen LogP contribution in [0.15, 0.2) is 10.8 Å². The van der Waals surface area contributed by atoms with Crippen molar-refractivity contribution in [3.8, 4) is 11.5 Å². The van der Waals surface area contributed by atoms with Gasteiger partial charge in [-0.2, -0.15) is 0 Å². The fraction of sp³-hybridized carbons (Fsp3) is 0.706. The molecule has 0 spiro atoms. The largest absolute Gasteiger partial charge is 0.485 e. The lowest BCUT2D eigenvalue weighted by Crippen LogP contribution is -2.34. The van der Waals surface area contributed by atoms with E-state index in [2.05, 4.69) is 13.8 Å². The standard InChI is InChI=1S/C17H26O4S/c1-3-5-7-13(8-6-4-2)17(18)20-10-14-9-19-15-11-22-12-16(15)21-14/h11-14H,3-10H2,1-2H3. The van der Waals surface area contributed by atoms with E-state index in [1.807, 2.05) is 10.8 Å². The molecule has 0 bridgehead atoms. The Balaban J connectivity index is 1.77. The van der Waals surface area contributed by atoms with E-state index in [-0.39, 0.29) is 24.6 Å². The molecular formula is C17H26O4S. The molecule has 2 heterocycles. The molecule has 0 aliphatic carbocycles. The van der Waals surface area contributed by atoms with Gasteiger partial charge in [0.25, 0.3) is 0 Å². The van der Waals surface area contributed by atoms with E-state index in [9.17, 15) is 4.79 Å². The van der Waals surface area contributed by atoms with Crippen molar-refractivity contribution in [3.63, 3.8) is 0 Å². The van der Waals surface area contributed by atoms with Crippen LogP contribution in [-0.4, -0.2) is 25.3 Å². The van der Waals surface area contributed by atoms with Crippen LogP contribution < -0.4 is 9.47 Å². The Hall–Kier alpha value is -1.23. The van der Waals surface area contributed by atoms with Gasteiger partial charge < -0.3 is 14.2 Å². The van der Waals surface area contributed by atoms with Gasteiger partial charge in [0.05, 0.1) is 5.92 Å². The lowest BCUT2D eigenvalue weighted by molar-refractivity contribution is -0.152. The molecular weight excluding hydrogens is 300 g/mol. The Kier molecular flexibility index (Phi) is 7.03. The van der Waals surface area contributed by atoms with Gasteiger partial charge in [0.1, 0.15) is 13.2 Å². The van der Waals surface area contributed by atoms with Crippen LogP contribution in [0.25, 0.3) is 0 Å². The maximum atomic E-state index is 12.3.